The molecule has 0 unspecified atom stereocenters. The van der Waals surface area contributed by atoms with Gasteiger partial charge in [0.25, 0.3) is 0 Å². The van der Waals surface area contributed by atoms with E-state index in [4.69, 9.17) is 5.73 Å². The number of benzene rings is 1. The summed E-state index contributed by atoms with van der Waals surface area (Å²) in [5, 5.41) is 0. The largest absolute Gasteiger partial charge is 0.384 e. The monoisotopic (exact) mass is 211 g/mol. The van der Waals surface area contributed by atoms with Crippen molar-refractivity contribution in [2.24, 2.45) is 0 Å². The maximum absolute atomic E-state index is 5.81. The fourth-order valence-electron chi connectivity index (χ4n) is 1.77. The molecule has 1 aromatic carbocycles. The minimum absolute atomic E-state index is 0.533. The average Bonchev–Trinajstić information content (AvgIpc) is 3.13. The van der Waals surface area contributed by atoms with E-state index in [2.05, 4.69) is 9.97 Å². The molecule has 3 heteroatoms. The Morgan fingerprint density at radius 3 is 2.50 bits per heavy atom. The van der Waals surface area contributed by atoms with Gasteiger partial charge in [-0.25, -0.2) is 9.97 Å². The van der Waals surface area contributed by atoms with Crippen LogP contribution >= 0.6 is 0 Å². The Kier molecular flexibility index (Phi) is 2.10. The molecule has 0 aliphatic heterocycles. The molecule has 1 fully saturated rings. The zero-order valence-corrected chi connectivity index (χ0v) is 8.93. The summed E-state index contributed by atoms with van der Waals surface area (Å²) in [6.45, 7) is 0. The third kappa shape index (κ3) is 1.76. The van der Waals surface area contributed by atoms with E-state index in [1.165, 1.54) is 12.8 Å². The van der Waals surface area contributed by atoms with Crippen LogP contribution in [0, 0.1) is 0 Å². The molecular weight excluding hydrogens is 198 g/mol. The van der Waals surface area contributed by atoms with Crippen molar-refractivity contribution in [3.63, 3.8) is 0 Å². The topological polar surface area (TPSA) is 51.8 Å². The molecule has 0 atom stereocenters. The molecule has 0 amide bonds. The van der Waals surface area contributed by atoms with Crippen LogP contribution < -0.4 is 5.73 Å². The third-order valence-corrected chi connectivity index (χ3v) is 2.78. The van der Waals surface area contributed by atoms with E-state index in [-0.39, 0.29) is 0 Å². The van der Waals surface area contributed by atoms with Gasteiger partial charge in [-0.15, -0.1) is 0 Å². The van der Waals surface area contributed by atoms with Gasteiger partial charge in [0.15, 0.2) is 0 Å². The summed E-state index contributed by atoms with van der Waals surface area (Å²) in [6, 6.07) is 11.9. The molecule has 1 aromatic heterocycles. The number of nitrogens with zero attached hydrogens (tertiary/aromatic N) is 2. The molecule has 1 heterocycles. The normalized spacial score (nSPS) is 15.0. The fraction of sp³-hybridized carbons (Fsp3) is 0.231. The number of aromatic nitrogens is 2. The van der Waals surface area contributed by atoms with Gasteiger partial charge in [-0.2, -0.15) is 0 Å². The van der Waals surface area contributed by atoms with E-state index >= 15 is 0 Å². The van der Waals surface area contributed by atoms with Crippen LogP contribution in [0.25, 0.3) is 11.3 Å². The van der Waals surface area contributed by atoms with Gasteiger partial charge in [-0.05, 0) is 12.8 Å². The lowest BCUT2D eigenvalue weighted by Crippen LogP contribution is -1.99. The van der Waals surface area contributed by atoms with Crippen molar-refractivity contribution in [1.82, 2.24) is 9.97 Å². The van der Waals surface area contributed by atoms with Crippen LogP contribution in [0.4, 0.5) is 5.82 Å². The Morgan fingerprint density at radius 2 is 1.81 bits per heavy atom. The van der Waals surface area contributed by atoms with E-state index in [0.717, 1.165) is 17.1 Å². The summed E-state index contributed by atoms with van der Waals surface area (Å²) in [5.41, 5.74) is 7.83. The van der Waals surface area contributed by atoms with E-state index < -0.39 is 0 Å². The van der Waals surface area contributed by atoms with Crippen molar-refractivity contribution >= 4 is 5.82 Å². The Labute approximate surface area is 94.4 Å². The lowest BCUT2D eigenvalue weighted by Gasteiger charge is -2.04. The van der Waals surface area contributed by atoms with Crippen molar-refractivity contribution in [2.75, 3.05) is 5.73 Å². The first-order chi connectivity index (χ1) is 7.83. The van der Waals surface area contributed by atoms with Crippen molar-refractivity contribution in [2.45, 2.75) is 18.8 Å². The molecule has 2 N–H and O–H groups in total. The molecule has 1 aliphatic rings. The van der Waals surface area contributed by atoms with Crippen molar-refractivity contribution < 1.29 is 0 Å². The summed E-state index contributed by atoms with van der Waals surface area (Å²) in [6.07, 6.45) is 2.38. The van der Waals surface area contributed by atoms with Crippen LogP contribution in [0.15, 0.2) is 36.4 Å². The minimum atomic E-state index is 0.533. The summed E-state index contributed by atoms with van der Waals surface area (Å²) in [4.78, 5) is 8.86. The van der Waals surface area contributed by atoms with Crippen LogP contribution in [0.5, 0.6) is 0 Å². The van der Waals surface area contributed by atoms with Gasteiger partial charge in [-0.1, -0.05) is 30.3 Å². The Bertz CT molecular complexity index is 504. The molecule has 80 valence electrons. The molecule has 1 aliphatic carbocycles. The Hall–Kier alpha value is -1.90. The van der Waals surface area contributed by atoms with Crippen molar-refractivity contribution in [1.29, 1.82) is 0 Å². The molecule has 0 spiro atoms. The second kappa shape index (κ2) is 3.59. The smallest absolute Gasteiger partial charge is 0.134 e. The Morgan fingerprint density at radius 1 is 1.06 bits per heavy atom. The van der Waals surface area contributed by atoms with E-state index in [1.54, 1.807) is 0 Å². The summed E-state index contributed by atoms with van der Waals surface area (Å²) >= 11 is 0. The van der Waals surface area contributed by atoms with E-state index in [0.29, 0.717) is 11.7 Å². The number of nitrogen functional groups attached to an aromatic ring is 1. The van der Waals surface area contributed by atoms with Gasteiger partial charge in [-0.3, -0.25) is 0 Å². The maximum atomic E-state index is 5.81. The molecule has 2 aromatic rings. The van der Waals surface area contributed by atoms with E-state index in [9.17, 15) is 0 Å². The Balaban J connectivity index is 2.06. The highest BCUT2D eigenvalue weighted by molar-refractivity contribution is 5.61. The highest BCUT2D eigenvalue weighted by Crippen LogP contribution is 2.38. The molecular formula is C13H13N3. The van der Waals surface area contributed by atoms with Gasteiger partial charge in [0.05, 0.1) is 5.69 Å². The summed E-state index contributed by atoms with van der Waals surface area (Å²) < 4.78 is 0. The van der Waals surface area contributed by atoms with Gasteiger partial charge >= 0.3 is 0 Å². The van der Waals surface area contributed by atoms with Crippen LogP contribution in [-0.2, 0) is 0 Å². The highest BCUT2D eigenvalue weighted by atomic mass is 15.0. The predicted octanol–water partition coefficient (Wildman–Crippen LogP) is 2.60. The highest BCUT2D eigenvalue weighted by Gasteiger charge is 2.27. The third-order valence-electron chi connectivity index (χ3n) is 2.78. The van der Waals surface area contributed by atoms with Crippen LogP contribution in [0.2, 0.25) is 0 Å². The molecule has 0 radical (unpaired) electrons. The number of rotatable bonds is 2. The van der Waals surface area contributed by atoms with Crippen LogP contribution in [-0.4, -0.2) is 9.97 Å². The van der Waals surface area contributed by atoms with E-state index in [1.807, 2.05) is 36.4 Å². The first-order valence-electron chi connectivity index (χ1n) is 5.53. The second-order valence-electron chi connectivity index (χ2n) is 4.18. The first-order valence-corrected chi connectivity index (χ1v) is 5.53. The SMILES string of the molecule is Nc1cc(-c2ccccc2)nc(C2CC2)n1. The van der Waals surface area contributed by atoms with Gasteiger partial charge in [0, 0.05) is 17.5 Å². The van der Waals surface area contributed by atoms with Crippen LogP contribution in [0.1, 0.15) is 24.6 Å². The lowest BCUT2D eigenvalue weighted by atomic mass is 10.1. The summed E-state index contributed by atoms with van der Waals surface area (Å²) in [7, 11) is 0. The lowest BCUT2D eigenvalue weighted by molar-refractivity contribution is 0.936. The number of nitrogens with two attached hydrogens (primary N) is 1. The number of hydrogen-bond donors (Lipinski definition) is 1. The average molecular weight is 211 g/mol. The minimum Gasteiger partial charge on any atom is -0.384 e. The number of hydrogen-bond acceptors (Lipinski definition) is 3. The molecule has 3 nitrogen and oxygen atoms in total. The molecule has 1 saturated carbocycles. The van der Waals surface area contributed by atoms with Crippen molar-refractivity contribution in [3.05, 3.63) is 42.2 Å². The zero-order chi connectivity index (χ0) is 11.0. The first kappa shape index (κ1) is 9.33. The molecule has 0 bridgehead atoms. The molecule has 16 heavy (non-hydrogen) atoms. The van der Waals surface area contributed by atoms with Gasteiger partial charge < -0.3 is 5.73 Å². The standard InChI is InChI=1S/C13H13N3/c14-12-8-11(9-4-2-1-3-5-9)15-13(16-12)10-6-7-10/h1-5,8,10H,6-7H2,(H2,14,15,16). The molecule has 3 rings (SSSR count). The fourth-order valence-corrected chi connectivity index (χ4v) is 1.77. The van der Waals surface area contributed by atoms with Crippen LogP contribution in [0.3, 0.4) is 0 Å². The quantitative estimate of drug-likeness (QED) is 0.830. The number of anilines is 1. The second-order valence-corrected chi connectivity index (χ2v) is 4.18. The van der Waals surface area contributed by atoms with Gasteiger partial charge in [0.1, 0.15) is 11.6 Å². The summed E-state index contributed by atoms with van der Waals surface area (Å²) in [5.74, 6) is 2.00. The zero-order valence-electron chi connectivity index (χ0n) is 8.93. The van der Waals surface area contributed by atoms with Gasteiger partial charge in [0.2, 0.25) is 0 Å². The predicted molar refractivity (Wildman–Crippen MR) is 63.9 cm³/mol. The van der Waals surface area contributed by atoms with Crippen molar-refractivity contribution in [3.8, 4) is 11.3 Å². The molecule has 0 saturated heterocycles. The maximum Gasteiger partial charge on any atom is 0.134 e.